The Hall–Kier alpha value is -1.62. The molecule has 2 heterocycles. The second-order valence-electron chi connectivity index (χ2n) is 7.37. The molecule has 4 rings (SSSR count). The van der Waals surface area contributed by atoms with Gasteiger partial charge in [0.05, 0.1) is 6.20 Å². The van der Waals surface area contributed by atoms with E-state index in [9.17, 15) is 0 Å². The molecule has 2 aliphatic carbocycles. The van der Waals surface area contributed by atoms with E-state index in [2.05, 4.69) is 30.3 Å². The van der Waals surface area contributed by atoms with Gasteiger partial charge in [-0.3, -0.25) is 0 Å². The van der Waals surface area contributed by atoms with Gasteiger partial charge < -0.3 is 11.1 Å². The van der Waals surface area contributed by atoms with Crippen molar-refractivity contribution < 1.29 is 0 Å². The molecule has 124 valence electrons. The molecule has 1 unspecified atom stereocenters. The van der Waals surface area contributed by atoms with Crippen LogP contribution in [0.15, 0.2) is 12.3 Å². The molecular formula is C18H27N5. The smallest absolute Gasteiger partial charge is 0.160 e. The third kappa shape index (κ3) is 2.82. The lowest BCUT2D eigenvalue weighted by Crippen LogP contribution is -2.22. The molecule has 2 fully saturated rings. The number of rotatable bonds is 5. The normalized spacial score (nSPS) is 25.9. The standard InChI is InChI=1S/C18H27N5/c1-3-12-10-20-23-17(21-15-7-6-14(19)8-15)9-16(22-18(12)23)11(2)13-4-5-13/h9-11,13-15,21H,3-8,19H2,1-2H3/t11?,14-,15-/m0/s1. The maximum absolute atomic E-state index is 6.07. The van der Waals surface area contributed by atoms with E-state index in [4.69, 9.17) is 10.7 Å². The van der Waals surface area contributed by atoms with Crippen LogP contribution in [0.2, 0.25) is 0 Å². The van der Waals surface area contributed by atoms with Crippen LogP contribution >= 0.6 is 0 Å². The number of aryl methyl sites for hydroxylation is 1. The topological polar surface area (TPSA) is 68.2 Å². The second-order valence-corrected chi connectivity index (χ2v) is 7.37. The van der Waals surface area contributed by atoms with Crippen molar-refractivity contribution in [1.29, 1.82) is 0 Å². The van der Waals surface area contributed by atoms with Crippen LogP contribution in [0.3, 0.4) is 0 Å². The number of nitrogens with two attached hydrogens (primary N) is 1. The summed E-state index contributed by atoms with van der Waals surface area (Å²) in [6.45, 7) is 4.48. The Labute approximate surface area is 137 Å². The zero-order chi connectivity index (χ0) is 16.0. The number of fused-ring (bicyclic) bond motifs is 1. The van der Waals surface area contributed by atoms with Gasteiger partial charge in [0.15, 0.2) is 5.65 Å². The molecule has 0 radical (unpaired) electrons. The minimum atomic E-state index is 0.332. The second kappa shape index (κ2) is 5.78. The Balaban J connectivity index is 1.72. The fourth-order valence-electron chi connectivity index (χ4n) is 3.81. The maximum Gasteiger partial charge on any atom is 0.160 e. The fourth-order valence-corrected chi connectivity index (χ4v) is 3.81. The average molecular weight is 313 g/mol. The van der Waals surface area contributed by atoms with Gasteiger partial charge in [0.2, 0.25) is 0 Å². The zero-order valence-corrected chi connectivity index (χ0v) is 14.1. The minimum Gasteiger partial charge on any atom is -0.367 e. The van der Waals surface area contributed by atoms with Crippen LogP contribution in [0.5, 0.6) is 0 Å². The van der Waals surface area contributed by atoms with Gasteiger partial charge in [-0.2, -0.15) is 9.61 Å². The lowest BCUT2D eigenvalue weighted by molar-refractivity contribution is 0.640. The Morgan fingerprint density at radius 1 is 1.35 bits per heavy atom. The molecule has 0 bridgehead atoms. The van der Waals surface area contributed by atoms with Gasteiger partial charge in [0.25, 0.3) is 0 Å². The van der Waals surface area contributed by atoms with Crippen LogP contribution < -0.4 is 11.1 Å². The predicted octanol–water partition coefficient (Wildman–Crippen LogP) is 3.10. The summed E-state index contributed by atoms with van der Waals surface area (Å²) in [5, 5.41) is 8.26. The summed E-state index contributed by atoms with van der Waals surface area (Å²) < 4.78 is 1.98. The average Bonchev–Trinajstić information content (AvgIpc) is 3.19. The van der Waals surface area contributed by atoms with Crippen LogP contribution in [0, 0.1) is 5.92 Å². The highest BCUT2D eigenvalue weighted by Gasteiger charge is 2.31. The molecule has 5 heteroatoms. The summed E-state index contributed by atoms with van der Waals surface area (Å²) in [5.41, 5.74) is 9.52. The molecule has 5 nitrogen and oxygen atoms in total. The van der Waals surface area contributed by atoms with Crippen molar-refractivity contribution in [2.24, 2.45) is 11.7 Å². The van der Waals surface area contributed by atoms with E-state index >= 15 is 0 Å². The highest BCUT2D eigenvalue weighted by atomic mass is 15.3. The first-order chi connectivity index (χ1) is 11.2. The van der Waals surface area contributed by atoms with E-state index in [0.29, 0.717) is 18.0 Å². The summed E-state index contributed by atoms with van der Waals surface area (Å²) >= 11 is 0. The van der Waals surface area contributed by atoms with E-state index in [1.54, 1.807) is 0 Å². The fraction of sp³-hybridized carbons (Fsp3) is 0.667. The first kappa shape index (κ1) is 14.9. The predicted molar refractivity (Wildman–Crippen MR) is 92.7 cm³/mol. The van der Waals surface area contributed by atoms with Crippen molar-refractivity contribution in [3.8, 4) is 0 Å². The zero-order valence-electron chi connectivity index (χ0n) is 14.1. The van der Waals surface area contributed by atoms with Gasteiger partial charge in [0.1, 0.15) is 5.82 Å². The highest BCUT2D eigenvalue weighted by molar-refractivity contribution is 5.55. The van der Waals surface area contributed by atoms with Crippen LogP contribution in [0.25, 0.3) is 5.65 Å². The first-order valence-corrected chi connectivity index (χ1v) is 9.05. The lowest BCUT2D eigenvalue weighted by atomic mass is 10.0. The molecule has 0 aromatic carbocycles. The van der Waals surface area contributed by atoms with Gasteiger partial charge in [-0.1, -0.05) is 13.8 Å². The van der Waals surface area contributed by atoms with Crippen molar-refractivity contribution in [2.45, 2.75) is 70.4 Å². The number of nitrogens with one attached hydrogen (secondary N) is 1. The molecule has 0 amide bonds. The van der Waals surface area contributed by atoms with E-state index < -0.39 is 0 Å². The summed E-state index contributed by atoms with van der Waals surface area (Å²) in [6.07, 6.45) is 8.89. The third-order valence-electron chi connectivity index (χ3n) is 5.57. The third-order valence-corrected chi connectivity index (χ3v) is 5.57. The molecule has 0 spiro atoms. The number of aromatic nitrogens is 3. The van der Waals surface area contributed by atoms with Gasteiger partial charge in [-0.25, -0.2) is 4.98 Å². The summed E-state index contributed by atoms with van der Waals surface area (Å²) in [7, 11) is 0. The van der Waals surface area contributed by atoms with Crippen molar-refractivity contribution in [3.05, 3.63) is 23.5 Å². The van der Waals surface area contributed by atoms with E-state index in [-0.39, 0.29) is 0 Å². The summed E-state index contributed by atoms with van der Waals surface area (Å²) in [4.78, 5) is 4.95. The van der Waals surface area contributed by atoms with Gasteiger partial charge in [0, 0.05) is 35.3 Å². The Morgan fingerprint density at radius 3 is 2.83 bits per heavy atom. The van der Waals surface area contributed by atoms with E-state index in [1.807, 2.05) is 10.7 Å². The highest BCUT2D eigenvalue weighted by Crippen LogP contribution is 2.42. The van der Waals surface area contributed by atoms with Gasteiger partial charge in [-0.05, 0) is 44.4 Å². The first-order valence-electron chi connectivity index (χ1n) is 9.05. The monoisotopic (exact) mass is 313 g/mol. The van der Waals surface area contributed by atoms with E-state index in [1.165, 1.54) is 24.1 Å². The minimum absolute atomic E-state index is 0.332. The van der Waals surface area contributed by atoms with Crippen molar-refractivity contribution >= 4 is 11.5 Å². The van der Waals surface area contributed by atoms with Crippen molar-refractivity contribution in [2.75, 3.05) is 5.32 Å². The lowest BCUT2D eigenvalue weighted by Gasteiger charge is -2.18. The van der Waals surface area contributed by atoms with Crippen molar-refractivity contribution in [3.63, 3.8) is 0 Å². The summed E-state index contributed by atoms with van der Waals surface area (Å²) in [6, 6.07) is 3.00. The number of nitrogens with zero attached hydrogens (tertiary/aromatic N) is 3. The molecule has 2 aromatic heterocycles. The Kier molecular flexibility index (Phi) is 3.76. The Morgan fingerprint density at radius 2 is 2.17 bits per heavy atom. The number of hydrogen-bond acceptors (Lipinski definition) is 4. The molecule has 3 N–H and O–H groups in total. The van der Waals surface area contributed by atoms with Gasteiger partial charge in [-0.15, -0.1) is 0 Å². The molecule has 2 aliphatic rings. The molecule has 23 heavy (non-hydrogen) atoms. The van der Waals surface area contributed by atoms with Crippen LogP contribution in [0.4, 0.5) is 5.82 Å². The van der Waals surface area contributed by atoms with Crippen molar-refractivity contribution in [1.82, 2.24) is 14.6 Å². The molecule has 0 saturated heterocycles. The number of hydrogen-bond donors (Lipinski definition) is 2. The largest absolute Gasteiger partial charge is 0.367 e. The number of anilines is 1. The molecule has 3 atom stereocenters. The quantitative estimate of drug-likeness (QED) is 0.890. The van der Waals surface area contributed by atoms with Crippen LogP contribution in [0.1, 0.15) is 63.1 Å². The van der Waals surface area contributed by atoms with Gasteiger partial charge >= 0.3 is 0 Å². The maximum atomic E-state index is 6.07. The molecule has 2 aromatic rings. The van der Waals surface area contributed by atoms with Crippen LogP contribution in [-0.2, 0) is 6.42 Å². The van der Waals surface area contributed by atoms with E-state index in [0.717, 1.165) is 43.1 Å². The Bertz CT molecular complexity index is 703. The van der Waals surface area contributed by atoms with Crippen LogP contribution in [-0.4, -0.2) is 26.7 Å². The molecular weight excluding hydrogens is 286 g/mol. The SMILES string of the molecule is CCc1cnn2c(N[C@H]3CC[C@H](N)C3)cc(C(C)C3CC3)nc12. The summed E-state index contributed by atoms with van der Waals surface area (Å²) in [5.74, 6) is 2.42. The molecule has 2 saturated carbocycles. The molecule has 0 aliphatic heterocycles.